The molecular formula is C15H18N2O2S. The van der Waals surface area contributed by atoms with E-state index in [1.54, 1.807) is 24.4 Å². The molecule has 106 valence electrons. The van der Waals surface area contributed by atoms with Crippen LogP contribution in [0.4, 0.5) is 0 Å². The quantitative estimate of drug-likeness (QED) is 0.911. The molecule has 1 unspecified atom stereocenters. The lowest BCUT2D eigenvalue weighted by Crippen LogP contribution is -2.09. The Morgan fingerprint density at radius 1 is 1.20 bits per heavy atom. The van der Waals surface area contributed by atoms with Crippen LogP contribution in [0.2, 0.25) is 0 Å². The molecule has 1 aliphatic rings. The van der Waals surface area contributed by atoms with Crippen molar-refractivity contribution in [2.24, 2.45) is 0 Å². The second-order valence-electron chi connectivity index (χ2n) is 5.26. The minimum Gasteiger partial charge on any atom is -0.366 e. The Kier molecular flexibility index (Phi) is 3.40. The Balaban J connectivity index is 1.98. The van der Waals surface area contributed by atoms with E-state index in [-0.39, 0.29) is 0 Å². The maximum atomic E-state index is 12.4. The lowest BCUT2D eigenvalue weighted by atomic mass is 9.94. The summed E-state index contributed by atoms with van der Waals surface area (Å²) in [5, 5.41) is 3.34. The number of aromatic amines is 1. The highest BCUT2D eigenvalue weighted by Gasteiger charge is 2.22. The van der Waals surface area contributed by atoms with E-state index >= 15 is 0 Å². The molecule has 0 bridgehead atoms. The highest BCUT2D eigenvalue weighted by molar-refractivity contribution is 7.91. The molecule has 1 atom stereocenters. The van der Waals surface area contributed by atoms with E-state index in [9.17, 15) is 8.42 Å². The van der Waals surface area contributed by atoms with E-state index in [0.717, 1.165) is 25.1 Å². The van der Waals surface area contributed by atoms with E-state index in [1.165, 1.54) is 11.8 Å². The molecule has 0 amide bonds. The lowest BCUT2D eigenvalue weighted by molar-refractivity contribution is 0.596. The van der Waals surface area contributed by atoms with Gasteiger partial charge in [-0.3, -0.25) is 0 Å². The first-order chi connectivity index (χ1) is 9.59. The average Bonchev–Trinajstić information content (AvgIpc) is 3.12. The summed E-state index contributed by atoms with van der Waals surface area (Å²) in [4.78, 5) is 3.47. The number of benzene rings is 1. The van der Waals surface area contributed by atoms with Crippen LogP contribution in [-0.4, -0.2) is 26.5 Å². The van der Waals surface area contributed by atoms with Gasteiger partial charge in [-0.15, -0.1) is 0 Å². The number of rotatable bonds is 3. The number of sulfone groups is 1. The van der Waals surface area contributed by atoms with Crippen LogP contribution < -0.4 is 5.32 Å². The van der Waals surface area contributed by atoms with Gasteiger partial charge in [0.1, 0.15) is 0 Å². The van der Waals surface area contributed by atoms with Gasteiger partial charge in [0.15, 0.2) is 0 Å². The van der Waals surface area contributed by atoms with Crippen molar-refractivity contribution >= 4 is 9.84 Å². The van der Waals surface area contributed by atoms with E-state index in [1.807, 2.05) is 13.0 Å². The van der Waals surface area contributed by atoms with Crippen LogP contribution in [0, 0.1) is 6.92 Å². The zero-order chi connectivity index (χ0) is 14.2. The third-order valence-electron chi connectivity index (χ3n) is 3.93. The number of H-pyrrole nitrogens is 1. The fraction of sp³-hybridized carbons (Fsp3) is 0.333. The van der Waals surface area contributed by atoms with Crippen molar-refractivity contribution in [3.8, 4) is 0 Å². The van der Waals surface area contributed by atoms with Crippen molar-refractivity contribution in [3.63, 3.8) is 0 Å². The van der Waals surface area contributed by atoms with Gasteiger partial charge in [-0.05, 0) is 55.1 Å². The first-order valence-electron chi connectivity index (χ1n) is 6.78. The number of nitrogens with one attached hydrogen (secondary N) is 2. The molecule has 1 fully saturated rings. The highest BCUT2D eigenvalue weighted by atomic mass is 32.2. The van der Waals surface area contributed by atoms with Crippen LogP contribution in [0.1, 0.15) is 23.5 Å². The van der Waals surface area contributed by atoms with Gasteiger partial charge in [0.25, 0.3) is 0 Å². The van der Waals surface area contributed by atoms with Crippen LogP contribution in [0.15, 0.2) is 46.5 Å². The van der Waals surface area contributed by atoms with E-state index < -0.39 is 9.84 Å². The van der Waals surface area contributed by atoms with Crippen molar-refractivity contribution in [2.45, 2.75) is 29.1 Å². The van der Waals surface area contributed by atoms with Gasteiger partial charge >= 0.3 is 0 Å². The van der Waals surface area contributed by atoms with Gasteiger partial charge < -0.3 is 10.3 Å². The van der Waals surface area contributed by atoms with Crippen LogP contribution in [0.5, 0.6) is 0 Å². The summed E-state index contributed by atoms with van der Waals surface area (Å²) < 4.78 is 24.9. The molecule has 0 radical (unpaired) electrons. The SMILES string of the molecule is Cc1cc(S(=O)(=O)c2cc[nH]c2)ccc1C1CCNC1. The van der Waals surface area contributed by atoms with Gasteiger partial charge in [-0.1, -0.05) is 6.07 Å². The first-order valence-corrected chi connectivity index (χ1v) is 8.26. The minimum absolute atomic E-state index is 0.312. The van der Waals surface area contributed by atoms with Crippen LogP contribution in [0.25, 0.3) is 0 Å². The van der Waals surface area contributed by atoms with Crippen LogP contribution in [0.3, 0.4) is 0 Å². The standard InChI is InChI=1S/C15H18N2O2S/c1-11-8-13(20(18,19)14-5-7-17-10-14)2-3-15(11)12-4-6-16-9-12/h2-3,5,7-8,10,12,16-17H,4,6,9H2,1H3. The molecule has 1 aliphatic heterocycles. The van der Waals surface area contributed by atoms with Crippen molar-refractivity contribution < 1.29 is 8.42 Å². The van der Waals surface area contributed by atoms with Crippen molar-refractivity contribution in [1.82, 2.24) is 10.3 Å². The van der Waals surface area contributed by atoms with Gasteiger partial charge in [-0.2, -0.15) is 0 Å². The summed E-state index contributed by atoms with van der Waals surface area (Å²) >= 11 is 0. The molecule has 2 heterocycles. The zero-order valence-electron chi connectivity index (χ0n) is 11.4. The van der Waals surface area contributed by atoms with Crippen LogP contribution in [-0.2, 0) is 9.84 Å². The number of aromatic nitrogens is 1. The summed E-state index contributed by atoms with van der Waals surface area (Å²) in [5.41, 5.74) is 2.30. The minimum atomic E-state index is -3.41. The number of hydrogen-bond donors (Lipinski definition) is 2. The molecule has 1 aromatic carbocycles. The molecule has 0 saturated carbocycles. The highest BCUT2D eigenvalue weighted by Crippen LogP contribution is 2.29. The summed E-state index contributed by atoms with van der Waals surface area (Å²) in [5.74, 6) is 0.499. The molecule has 2 N–H and O–H groups in total. The lowest BCUT2D eigenvalue weighted by Gasteiger charge is -2.13. The summed E-state index contributed by atoms with van der Waals surface area (Å²) in [6, 6.07) is 7.06. The predicted octanol–water partition coefficient (Wildman–Crippen LogP) is 2.23. The van der Waals surface area contributed by atoms with Crippen molar-refractivity contribution in [1.29, 1.82) is 0 Å². The largest absolute Gasteiger partial charge is 0.366 e. The molecule has 1 aromatic heterocycles. The van der Waals surface area contributed by atoms with E-state index in [0.29, 0.717) is 15.7 Å². The monoisotopic (exact) mass is 290 g/mol. The normalized spacial score (nSPS) is 19.4. The third-order valence-corrected chi connectivity index (χ3v) is 5.68. The molecule has 3 rings (SSSR count). The summed E-state index contributed by atoms with van der Waals surface area (Å²) in [6.45, 7) is 4.00. The molecule has 20 heavy (non-hydrogen) atoms. The first kappa shape index (κ1) is 13.4. The molecule has 1 saturated heterocycles. The van der Waals surface area contributed by atoms with Gasteiger partial charge in [-0.25, -0.2) is 8.42 Å². The average molecular weight is 290 g/mol. The van der Waals surface area contributed by atoms with Gasteiger partial charge in [0, 0.05) is 18.9 Å². The fourth-order valence-electron chi connectivity index (χ4n) is 2.81. The second kappa shape index (κ2) is 5.07. The summed E-state index contributed by atoms with van der Waals surface area (Å²) in [6.07, 6.45) is 4.25. The maximum Gasteiger partial charge on any atom is 0.208 e. The van der Waals surface area contributed by atoms with E-state index in [4.69, 9.17) is 0 Å². The fourth-order valence-corrected chi connectivity index (χ4v) is 4.13. The number of hydrogen-bond acceptors (Lipinski definition) is 3. The Morgan fingerprint density at radius 2 is 2.05 bits per heavy atom. The van der Waals surface area contributed by atoms with Crippen molar-refractivity contribution in [2.75, 3.05) is 13.1 Å². The Hall–Kier alpha value is -1.59. The van der Waals surface area contributed by atoms with Crippen molar-refractivity contribution in [3.05, 3.63) is 47.8 Å². The second-order valence-corrected chi connectivity index (χ2v) is 7.21. The molecular weight excluding hydrogens is 272 g/mol. The molecule has 0 spiro atoms. The number of aryl methyl sites for hydroxylation is 1. The molecule has 5 heteroatoms. The van der Waals surface area contributed by atoms with Gasteiger partial charge in [0.05, 0.1) is 9.79 Å². The third kappa shape index (κ3) is 2.27. The molecule has 4 nitrogen and oxygen atoms in total. The van der Waals surface area contributed by atoms with Gasteiger partial charge in [0.2, 0.25) is 9.84 Å². The predicted molar refractivity (Wildman–Crippen MR) is 77.7 cm³/mol. The molecule has 0 aliphatic carbocycles. The smallest absolute Gasteiger partial charge is 0.208 e. The topological polar surface area (TPSA) is 62.0 Å². The van der Waals surface area contributed by atoms with Crippen LogP contribution >= 0.6 is 0 Å². The Morgan fingerprint density at radius 3 is 2.65 bits per heavy atom. The summed E-state index contributed by atoms with van der Waals surface area (Å²) in [7, 11) is -3.41. The Bertz CT molecular complexity index is 699. The Labute approximate surface area is 119 Å². The zero-order valence-corrected chi connectivity index (χ0v) is 12.2. The maximum absolute atomic E-state index is 12.4. The molecule has 2 aromatic rings. The van der Waals surface area contributed by atoms with E-state index in [2.05, 4.69) is 10.3 Å².